The molecule has 1 rings (SSSR count). The fraction of sp³-hybridized carbons (Fsp3) is 0.222. The molecule has 4 nitrogen and oxygen atoms in total. The summed E-state index contributed by atoms with van der Waals surface area (Å²) in [5.41, 5.74) is 0.454. The zero-order valence-electron chi connectivity index (χ0n) is 7.40. The van der Waals surface area contributed by atoms with E-state index in [0.29, 0.717) is 10.6 Å². The number of hydrogen-bond acceptors (Lipinski definition) is 2. The van der Waals surface area contributed by atoms with E-state index in [-0.39, 0.29) is 5.69 Å². The molecule has 0 aromatic heterocycles. The van der Waals surface area contributed by atoms with Gasteiger partial charge in [0.05, 0.1) is 15.5 Å². The Hall–Kier alpha value is -1.60. The Kier molecular flexibility index (Phi) is 3.05. The summed E-state index contributed by atoms with van der Waals surface area (Å²) in [4.78, 5) is 13.2. The highest BCUT2D eigenvalue weighted by molar-refractivity contribution is 6.31. The second-order valence-corrected chi connectivity index (χ2v) is 3.18. The molecule has 1 aromatic rings. The second-order valence-electron chi connectivity index (χ2n) is 2.77. The molecule has 0 radical (unpaired) electrons. The minimum absolute atomic E-state index is 0.0418. The van der Waals surface area contributed by atoms with E-state index in [9.17, 15) is 10.1 Å². The van der Waals surface area contributed by atoms with Gasteiger partial charge in [-0.05, 0) is 6.07 Å². The van der Waals surface area contributed by atoms with Crippen LogP contribution in [0.5, 0.6) is 0 Å². The van der Waals surface area contributed by atoms with Gasteiger partial charge in [0.2, 0.25) is 6.04 Å². The van der Waals surface area contributed by atoms with Crippen LogP contribution < -0.4 is 0 Å². The third-order valence-corrected chi connectivity index (χ3v) is 2.18. The average Bonchev–Trinajstić information content (AvgIpc) is 2.17. The highest BCUT2D eigenvalue weighted by Gasteiger charge is 2.17. The Bertz CT molecular complexity index is 412. The number of nitro benzene ring substituents is 1. The van der Waals surface area contributed by atoms with E-state index in [1.54, 1.807) is 6.92 Å². The molecule has 0 aliphatic carbocycles. The predicted molar refractivity (Wildman–Crippen MR) is 53.1 cm³/mol. The van der Waals surface area contributed by atoms with E-state index in [0.717, 1.165) is 0 Å². The van der Waals surface area contributed by atoms with Crippen LogP contribution in [0.15, 0.2) is 18.2 Å². The normalized spacial score (nSPS) is 11.8. The van der Waals surface area contributed by atoms with Crippen molar-refractivity contribution >= 4 is 17.3 Å². The summed E-state index contributed by atoms with van der Waals surface area (Å²) >= 11 is 5.81. The van der Waals surface area contributed by atoms with Gasteiger partial charge in [-0.1, -0.05) is 11.6 Å². The summed E-state index contributed by atoms with van der Waals surface area (Å²) < 4.78 is 0. The Morgan fingerprint density at radius 1 is 1.64 bits per heavy atom. The largest absolute Gasteiger partial charge is 0.309 e. The lowest BCUT2D eigenvalue weighted by atomic mass is 10.1. The molecule has 5 heteroatoms. The summed E-state index contributed by atoms with van der Waals surface area (Å²) in [6, 6.07) is 3.65. The molecule has 1 atom stereocenters. The minimum Gasteiger partial charge on any atom is -0.309 e. The molecule has 0 saturated carbocycles. The van der Waals surface area contributed by atoms with Gasteiger partial charge in [-0.25, -0.2) is 6.57 Å². The smallest absolute Gasteiger partial charge is 0.270 e. The van der Waals surface area contributed by atoms with E-state index in [4.69, 9.17) is 18.2 Å². The van der Waals surface area contributed by atoms with Crippen molar-refractivity contribution in [1.29, 1.82) is 0 Å². The number of non-ortho nitro benzene ring substituents is 1. The van der Waals surface area contributed by atoms with Crippen LogP contribution in [0.3, 0.4) is 0 Å². The van der Waals surface area contributed by atoms with Crippen molar-refractivity contribution in [3.05, 3.63) is 50.3 Å². The molecular formula is C9H7ClN2O2. The van der Waals surface area contributed by atoms with E-state index in [2.05, 4.69) is 4.85 Å². The third kappa shape index (κ3) is 2.01. The quantitative estimate of drug-likeness (QED) is 0.427. The molecule has 1 unspecified atom stereocenters. The molecular weight excluding hydrogens is 204 g/mol. The van der Waals surface area contributed by atoms with Crippen LogP contribution in [0.1, 0.15) is 18.5 Å². The monoisotopic (exact) mass is 210 g/mol. The van der Waals surface area contributed by atoms with Crippen LogP contribution in [-0.2, 0) is 0 Å². The molecule has 0 heterocycles. The fourth-order valence-electron chi connectivity index (χ4n) is 1.03. The number of halogens is 1. The van der Waals surface area contributed by atoms with Gasteiger partial charge in [0, 0.05) is 19.1 Å². The maximum Gasteiger partial charge on any atom is 0.270 e. The van der Waals surface area contributed by atoms with Crippen molar-refractivity contribution in [3.8, 4) is 0 Å². The van der Waals surface area contributed by atoms with Crippen LogP contribution in [0.2, 0.25) is 5.02 Å². The molecule has 0 bridgehead atoms. The Morgan fingerprint density at radius 2 is 2.29 bits per heavy atom. The van der Waals surface area contributed by atoms with Gasteiger partial charge < -0.3 is 4.85 Å². The van der Waals surface area contributed by atoms with Gasteiger partial charge >= 0.3 is 0 Å². The number of nitro groups is 1. The molecule has 14 heavy (non-hydrogen) atoms. The molecule has 0 spiro atoms. The molecule has 0 aliphatic rings. The number of hydrogen-bond donors (Lipinski definition) is 0. The summed E-state index contributed by atoms with van der Waals surface area (Å²) in [6.07, 6.45) is 0. The Morgan fingerprint density at radius 3 is 2.79 bits per heavy atom. The van der Waals surface area contributed by atoms with Gasteiger partial charge in [0.1, 0.15) is 0 Å². The predicted octanol–water partition coefficient (Wildman–Crippen LogP) is 3.23. The average molecular weight is 211 g/mol. The van der Waals surface area contributed by atoms with Gasteiger partial charge in [0.25, 0.3) is 5.69 Å². The first-order valence-electron chi connectivity index (χ1n) is 3.86. The van der Waals surface area contributed by atoms with Crippen LogP contribution in [-0.4, -0.2) is 4.92 Å². The lowest BCUT2D eigenvalue weighted by Gasteiger charge is -2.01. The van der Waals surface area contributed by atoms with Crippen molar-refractivity contribution in [2.75, 3.05) is 0 Å². The first-order valence-corrected chi connectivity index (χ1v) is 4.24. The number of benzene rings is 1. The van der Waals surface area contributed by atoms with Crippen LogP contribution in [0.25, 0.3) is 4.85 Å². The third-order valence-electron chi connectivity index (χ3n) is 1.83. The minimum atomic E-state index is -0.503. The fourth-order valence-corrected chi connectivity index (χ4v) is 1.31. The maximum atomic E-state index is 10.5. The van der Waals surface area contributed by atoms with Crippen molar-refractivity contribution in [2.45, 2.75) is 13.0 Å². The number of nitrogens with zero attached hydrogens (tertiary/aromatic N) is 2. The summed E-state index contributed by atoms with van der Waals surface area (Å²) in [7, 11) is 0. The first-order chi connectivity index (χ1) is 6.56. The van der Waals surface area contributed by atoms with Gasteiger partial charge in [0.15, 0.2) is 0 Å². The second kappa shape index (κ2) is 4.07. The molecule has 0 saturated heterocycles. The van der Waals surface area contributed by atoms with Crippen molar-refractivity contribution in [3.63, 3.8) is 0 Å². The molecule has 0 N–H and O–H groups in total. The van der Waals surface area contributed by atoms with Crippen LogP contribution in [0, 0.1) is 16.7 Å². The summed E-state index contributed by atoms with van der Waals surface area (Å²) in [5, 5.41) is 10.8. The van der Waals surface area contributed by atoms with E-state index < -0.39 is 11.0 Å². The SMILES string of the molecule is [C-]#[N+]C(C)c1cc([N+](=O)[O-])ccc1Cl. The van der Waals surface area contributed by atoms with E-state index >= 15 is 0 Å². The zero-order chi connectivity index (χ0) is 10.7. The maximum absolute atomic E-state index is 10.5. The van der Waals surface area contributed by atoms with Gasteiger partial charge in [-0.3, -0.25) is 10.1 Å². The van der Waals surface area contributed by atoms with Crippen molar-refractivity contribution in [2.24, 2.45) is 0 Å². The molecule has 72 valence electrons. The van der Waals surface area contributed by atoms with Crippen molar-refractivity contribution < 1.29 is 4.92 Å². The lowest BCUT2D eigenvalue weighted by molar-refractivity contribution is -0.384. The van der Waals surface area contributed by atoms with Crippen LogP contribution in [0.4, 0.5) is 5.69 Å². The molecule has 0 aliphatic heterocycles. The highest BCUT2D eigenvalue weighted by Crippen LogP contribution is 2.28. The highest BCUT2D eigenvalue weighted by atomic mass is 35.5. The molecule has 0 fully saturated rings. The van der Waals surface area contributed by atoms with Gasteiger partial charge in [-0.2, -0.15) is 0 Å². The van der Waals surface area contributed by atoms with E-state index in [1.807, 2.05) is 0 Å². The summed E-state index contributed by atoms with van der Waals surface area (Å²) in [5.74, 6) is 0. The Balaban J connectivity index is 3.23. The van der Waals surface area contributed by atoms with Gasteiger partial charge in [-0.15, -0.1) is 0 Å². The zero-order valence-corrected chi connectivity index (χ0v) is 8.15. The first kappa shape index (κ1) is 10.5. The number of rotatable bonds is 2. The standard InChI is InChI=1S/C9H7ClN2O2/c1-6(11-2)8-5-7(12(13)14)3-4-9(8)10/h3-6H,1H3. The molecule has 0 amide bonds. The topological polar surface area (TPSA) is 47.5 Å². The Labute approximate surface area is 86.1 Å². The van der Waals surface area contributed by atoms with E-state index in [1.165, 1.54) is 18.2 Å². The lowest BCUT2D eigenvalue weighted by Crippen LogP contribution is -1.93. The van der Waals surface area contributed by atoms with Crippen molar-refractivity contribution in [1.82, 2.24) is 0 Å². The van der Waals surface area contributed by atoms with Crippen LogP contribution >= 0.6 is 11.6 Å². The summed E-state index contributed by atoms with van der Waals surface area (Å²) in [6.45, 7) is 8.47. The molecule has 1 aromatic carbocycles.